The maximum Gasteiger partial charge on any atom is 0.420 e. The summed E-state index contributed by atoms with van der Waals surface area (Å²) in [7, 11) is 1.29. The van der Waals surface area contributed by atoms with Gasteiger partial charge in [-0.1, -0.05) is 13.8 Å². The number of methoxy groups -OCH3 is 1. The van der Waals surface area contributed by atoms with Crippen molar-refractivity contribution in [3.63, 3.8) is 0 Å². The van der Waals surface area contributed by atoms with Crippen LogP contribution in [0.3, 0.4) is 0 Å². The van der Waals surface area contributed by atoms with Crippen LogP contribution in [-0.2, 0) is 20.8 Å². The summed E-state index contributed by atoms with van der Waals surface area (Å²) in [5, 5.41) is 3.87. The van der Waals surface area contributed by atoms with Gasteiger partial charge in [-0.05, 0) is 51.2 Å². The Hall–Kier alpha value is -2.94. The molecule has 2 aromatic heterocycles. The van der Waals surface area contributed by atoms with E-state index < -0.39 is 17.7 Å². The van der Waals surface area contributed by atoms with Gasteiger partial charge >= 0.3 is 12.1 Å². The third kappa shape index (κ3) is 5.52. The van der Waals surface area contributed by atoms with Gasteiger partial charge < -0.3 is 19.7 Å². The number of fused-ring (bicyclic) bond motifs is 1. The highest BCUT2D eigenvalue weighted by molar-refractivity contribution is 6.06. The van der Waals surface area contributed by atoms with Crippen molar-refractivity contribution < 1.29 is 23.9 Å². The first-order valence-corrected chi connectivity index (χ1v) is 11.4. The fourth-order valence-electron chi connectivity index (χ4n) is 4.04. The normalized spacial score (nSPS) is 15.2. The van der Waals surface area contributed by atoms with Crippen LogP contribution in [0, 0.1) is 5.92 Å². The predicted octanol–water partition coefficient (Wildman–Crippen LogP) is 3.34. The van der Waals surface area contributed by atoms with Crippen molar-refractivity contribution in [2.75, 3.05) is 20.2 Å². The van der Waals surface area contributed by atoms with Gasteiger partial charge in [-0.2, -0.15) is 0 Å². The fraction of sp³-hybridized carbons (Fsp3) is 0.583. The van der Waals surface area contributed by atoms with Gasteiger partial charge in [0.1, 0.15) is 5.60 Å². The summed E-state index contributed by atoms with van der Waals surface area (Å²) in [4.78, 5) is 44.6. The molecule has 0 radical (unpaired) electrons. The van der Waals surface area contributed by atoms with Gasteiger partial charge in [0.2, 0.25) is 5.91 Å². The number of pyridine rings is 1. The number of ether oxygens (including phenoxy) is 2. The quantitative estimate of drug-likeness (QED) is 0.662. The first-order valence-electron chi connectivity index (χ1n) is 11.4. The second-order valence-electron chi connectivity index (χ2n) is 9.69. The summed E-state index contributed by atoms with van der Waals surface area (Å²) in [6.45, 7) is 11.2. The van der Waals surface area contributed by atoms with E-state index in [4.69, 9.17) is 9.47 Å². The second-order valence-corrected chi connectivity index (χ2v) is 9.69. The Morgan fingerprint density at radius 1 is 1.18 bits per heavy atom. The Bertz CT molecular complexity index is 1030. The van der Waals surface area contributed by atoms with Gasteiger partial charge in [0.25, 0.3) is 0 Å². The fourth-order valence-corrected chi connectivity index (χ4v) is 4.04. The maximum atomic E-state index is 13.0. The topological polar surface area (TPSA) is 103 Å². The van der Waals surface area contributed by atoms with Crippen LogP contribution in [0.15, 0.2) is 18.5 Å². The van der Waals surface area contributed by atoms with Crippen molar-refractivity contribution in [2.45, 2.75) is 65.6 Å². The van der Waals surface area contributed by atoms with Gasteiger partial charge in [-0.15, -0.1) is 0 Å². The standard InChI is InChI=1S/C24H34N4O5/c1-15(2)19(21(29)27-11-7-8-12-27)26-13-16-9-10-25-20-18(16)17(22(30)32-6)14-28(20)23(31)33-24(3,4)5/h9-10,14-15,19,26H,7-8,11-13H2,1-6H3. The van der Waals surface area contributed by atoms with E-state index in [9.17, 15) is 14.4 Å². The molecular formula is C24H34N4O5. The number of aromatic nitrogens is 2. The van der Waals surface area contributed by atoms with Gasteiger partial charge in [0.15, 0.2) is 5.65 Å². The van der Waals surface area contributed by atoms with E-state index in [0.717, 1.165) is 31.5 Å². The number of carbonyl (C=O) groups excluding carboxylic acids is 3. The first-order chi connectivity index (χ1) is 15.5. The van der Waals surface area contributed by atoms with E-state index in [1.807, 2.05) is 18.7 Å². The molecule has 0 bridgehead atoms. The van der Waals surface area contributed by atoms with Crippen molar-refractivity contribution in [3.05, 3.63) is 29.6 Å². The van der Waals surface area contributed by atoms with Crippen LogP contribution in [0.2, 0.25) is 0 Å². The minimum absolute atomic E-state index is 0.0851. The number of nitrogens with zero attached hydrogens (tertiary/aromatic N) is 3. The van der Waals surface area contributed by atoms with E-state index in [1.54, 1.807) is 33.0 Å². The molecule has 0 saturated carbocycles. The van der Waals surface area contributed by atoms with Gasteiger partial charge in [-0.25, -0.2) is 19.1 Å². The average Bonchev–Trinajstić information content (AvgIpc) is 3.40. The van der Waals surface area contributed by atoms with Crippen molar-refractivity contribution >= 4 is 29.0 Å². The first kappa shape index (κ1) is 24.7. The van der Waals surface area contributed by atoms with Crippen LogP contribution < -0.4 is 5.32 Å². The molecule has 9 nitrogen and oxygen atoms in total. The molecule has 1 aliphatic heterocycles. The summed E-state index contributed by atoms with van der Waals surface area (Å²) < 4.78 is 11.7. The predicted molar refractivity (Wildman–Crippen MR) is 124 cm³/mol. The Labute approximate surface area is 194 Å². The molecule has 1 atom stereocenters. The number of likely N-dealkylation sites (tertiary alicyclic amines) is 1. The Balaban J connectivity index is 1.96. The third-order valence-corrected chi connectivity index (χ3v) is 5.63. The molecule has 0 aliphatic carbocycles. The lowest BCUT2D eigenvalue weighted by Crippen LogP contribution is -2.48. The van der Waals surface area contributed by atoms with Gasteiger partial charge in [0, 0.05) is 37.4 Å². The molecule has 3 heterocycles. The molecule has 2 aromatic rings. The molecule has 3 rings (SSSR count). The van der Waals surface area contributed by atoms with Crippen LogP contribution in [0.1, 0.15) is 63.4 Å². The van der Waals surface area contributed by atoms with Crippen LogP contribution in [0.25, 0.3) is 11.0 Å². The molecule has 180 valence electrons. The molecule has 1 unspecified atom stereocenters. The lowest BCUT2D eigenvalue weighted by atomic mass is 10.0. The molecule has 9 heteroatoms. The summed E-state index contributed by atoms with van der Waals surface area (Å²) in [6.07, 6.45) is 4.40. The highest BCUT2D eigenvalue weighted by Crippen LogP contribution is 2.26. The van der Waals surface area contributed by atoms with Crippen LogP contribution in [-0.4, -0.2) is 64.3 Å². The summed E-state index contributed by atoms with van der Waals surface area (Å²) in [6, 6.07) is 1.42. The molecular weight excluding hydrogens is 424 g/mol. The molecule has 33 heavy (non-hydrogen) atoms. The zero-order valence-electron chi connectivity index (χ0n) is 20.3. The summed E-state index contributed by atoms with van der Waals surface area (Å²) in [5.41, 5.74) is 0.548. The molecule has 0 spiro atoms. The summed E-state index contributed by atoms with van der Waals surface area (Å²) >= 11 is 0. The average molecular weight is 459 g/mol. The number of amides is 1. The van der Waals surface area contributed by atoms with E-state index in [-0.39, 0.29) is 23.4 Å². The minimum Gasteiger partial charge on any atom is -0.465 e. The monoisotopic (exact) mass is 458 g/mol. The zero-order chi connectivity index (χ0) is 24.3. The highest BCUT2D eigenvalue weighted by Gasteiger charge is 2.30. The molecule has 1 saturated heterocycles. The lowest BCUT2D eigenvalue weighted by Gasteiger charge is -2.27. The number of carbonyl (C=O) groups is 3. The van der Waals surface area contributed by atoms with Crippen molar-refractivity contribution in [2.24, 2.45) is 5.92 Å². The maximum absolute atomic E-state index is 13.0. The van der Waals surface area contributed by atoms with Crippen LogP contribution >= 0.6 is 0 Å². The number of nitrogens with one attached hydrogen (secondary N) is 1. The largest absolute Gasteiger partial charge is 0.465 e. The zero-order valence-corrected chi connectivity index (χ0v) is 20.3. The van der Waals surface area contributed by atoms with Gasteiger partial charge in [0.05, 0.1) is 18.7 Å². The van der Waals surface area contributed by atoms with E-state index in [0.29, 0.717) is 17.6 Å². The number of rotatable bonds is 6. The summed E-state index contributed by atoms with van der Waals surface area (Å²) in [5.74, 6) is -0.403. The second kappa shape index (κ2) is 9.91. The van der Waals surface area contributed by atoms with Gasteiger partial charge in [-0.3, -0.25) is 4.79 Å². The minimum atomic E-state index is -0.710. The van der Waals surface area contributed by atoms with E-state index in [1.165, 1.54) is 17.9 Å². The van der Waals surface area contributed by atoms with Crippen molar-refractivity contribution in [1.29, 1.82) is 0 Å². The SMILES string of the molecule is COC(=O)c1cn(C(=O)OC(C)(C)C)c2nccc(CNC(C(=O)N3CCCC3)C(C)C)c12. The van der Waals surface area contributed by atoms with Crippen molar-refractivity contribution in [3.8, 4) is 0 Å². The number of hydrogen-bond donors (Lipinski definition) is 1. The highest BCUT2D eigenvalue weighted by atomic mass is 16.6. The molecule has 1 N–H and O–H groups in total. The molecule has 0 aromatic carbocycles. The van der Waals surface area contributed by atoms with E-state index in [2.05, 4.69) is 10.3 Å². The molecule has 1 aliphatic rings. The Morgan fingerprint density at radius 3 is 2.42 bits per heavy atom. The van der Waals surface area contributed by atoms with Crippen LogP contribution in [0.5, 0.6) is 0 Å². The van der Waals surface area contributed by atoms with Crippen LogP contribution in [0.4, 0.5) is 4.79 Å². The number of esters is 1. The van der Waals surface area contributed by atoms with Crippen molar-refractivity contribution in [1.82, 2.24) is 19.8 Å². The molecule has 1 fully saturated rings. The van der Waals surface area contributed by atoms with E-state index >= 15 is 0 Å². The lowest BCUT2D eigenvalue weighted by molar-refractivity contribution is -0.133. The smallest absolute Gasteiger partial charge is 0.420 e. The Morgan fingerprint density at radius 2 is 1.85 bits per heavy atom. The third-order valence-electron chi connectivity index (χ3n) is 5.63. The number of hydrogen-bond acceptors (Lipinski definition) is 7. The molecule has 1 amide bonds. The Kier molecular flexibility index (Phi) is 7.41.